The van der Waals surface area contributed by atoms with Gasteiger partial charge in [0.15, 0.2) is 5.65 Å². The average molecular weight is 365 g/mol. The Morgan fingerprint density at radius 2 is 2.11 bits per heavy atom. The Balaban J connectivity index is 1.51. The molecule has 140 valence electrons. The molecule has 0 unspecified atom stereocenters. The summed E-state index contributed by atoms with van der Waals surface area (Å²) >= 11 is 0. The minimum Gasteiger partial charge on any atom is -0.330 e. The molecule has 2 aromatic heterocycles. The van der Waals surface area contributed by atoms with Gasteiger partial charge in [-0.3, -0.25) is 9.20 Å². The number of pyridine rings is 1. The molecule has 1 aliphatic rings. The Kier molecular flexibility index (Phi) is 4.77. The second-order valence-corrected chi connectivity index (χ2v) is 7.09. The van der Waals surface area contributed by atoms with Gasteiger partial charge in [0.05, 0.1) is 6.54 Å². The van der Waals surface area contributed by atoms with E-state index in [1.165, 1.54) is 9.08 Å². The van der Waals surface area contributed by atoms with E-state index in [0.717, 1.165) is 30.5 Å². The Bertz CT molecular complexity index is 1020. The van der Waals surface area contributed by atoms with Crippen LogP contribution in [-0.4, -0.2) is 26.6 Å². The highest BCUT2D eigenvalue weighted by molar-refractivity contribution is 5.93. The van der Waals surface area contributed by atoms with Gasteiger partial charge in [0.25, 0.3) is 0 Å². The predicted octanol–water partition coefficient (Wildman–Crippen LogP) is 1.86. The van der Waals surface area contributed by atoms with Gasteiger partial charge in [-0.2, -0.15) is 0 Å². The minimum atomic E-state index is -0.184. The summed E-state index contributed by atoms with van der Waals surface area (Å²) in [6, 6.07) is 13.0. The molecule has 0 aliphatic heterocycles. The number of hydrogen-bond acceptors (Lipinski definition) is 4. The fraction of sp³-hybridized carbons (Fsp3) is 0.350. The summed E-state index contributed by atoms with van der Waals surface area (Å²) in [4.78, 5) is 25.0. The lowest BCUT2D eigenvalue weighted by molar-refractivity contribution is -0.120. The van der Waals surface area contributed by atoms with Gasteiger partial charge in [0.2, 0.25) is 5.91 Å². The van der Waals surface area contributed by atoms with Crippen molar-refractivity contribution in [3.63, 3.8) is 0 Å². The smallest absolute Gasteiger partial charge is 0.330 e. The van der Waals surface area contributed by atoms with Crippen LogP contribution in [0.2, 0.25) is 0 Å². The van der Waals surface area contributed by atoms with Gasteiger partial charge in [0, 0.05) is 17.8 Å². The Hall–Kier alpha value is -2.93. The molecule has 0 bridgehead atoms. The normalized spacial score (nSPS) is 19.4. The first kappa shape index (κ1) is 17.5. The van der Waals surface area contributed by atoms with Crippen LogP contribution in [0, 0.1) is 11.8 Å². The van der Waals surface area contributed by atoms with E-state index in [1.807, 2.05) is 30.3 Å². The quantitative estimate of drug-likeness (QED) is 0.721. The van der Waals surface area contributed by atoms with Crippen molar-refractivity contribution in [1.29, 1.82) is 0 Å². The number of amides is 1. The molecule has 7 heteroatoms. The molecule has 1 amide bonds. The highest BCUT2D eigenvalue weighted by Crippen LogP contribution is 2.31. The maximum Gasteiger partial charge on any atom is 0.350 e. The topological polar surface area (TPSA) is 94.4 Å². The highest BCUT2D eigenvalue weighted by atomic mass is 16.2. The van der Waals surface area contributed by atoms with Gasteiger partial charge in [-0.1, -0.05) is 24.6 Å². The van der Waals surface area contributed by atoms with Crippen LogP contribution in [0.15, 0.2) is 53.5 Å². The van der Waals surface area contributed by atoms with Crippen LogP contribution in [-0.2, 0) is 11.3 Å². The van der Waals surface area contributed by atoms with E-state index in [0.29, 0.717) is 18.7 Å². The van der Waals surface area contributed by atoms with E-state index in [9.17, 15) is 9.59 Å². The number of carbonyl (C=O) groups is 1. The lowest BCUT2D eigenvalue weighted by Crippen LogP contribution is -2.29. The first-order valence-corrected chi connectivity index (χ1v) is 9.30. The number of rotatable bonds is 5. The maximum atomic E-state index is 12.6. The van der Waals surface area contributed by atoms with Crippen LogP contribution < -0.4 is 16.7 Å². The van der Waals surface area contributed by atoms with Crippen LogP contribution in [0.3, 0.4) is 0 Å². The van der Waals surface area contributed by atoms with Crippen LogP contribution in [0.4, 0.5) is 5.69 Å². The Morgan fingerprint density at radius 3 is 2.93 bits per heavy atom. The van der Waals surface area contributed by atoms with Gasteiger partial charge < -0.3 is 11.1 Å². The molecule has 4 rings (SSSR count). The standard InChI is InChI=1S/C20H23N5O2/c21-12-15-6-4-8-17(15)19(26)22-16-7-3-5-14(11-16)13-25-20(27)24-10-2-1-9-18(24)23-25/h1-3,5,7,9-11,15,17H,4,6,8,12-13,21H2,(H,22,26)/t15-,17-/m1/s1. The van der Waals surface area contributed by atoms with Crippen molar-refractivity contribution < 1.29 is 4.79 Å². The van der Waals surface area contributed by atoms with Crippen molar-refractivity contribution in [2.24, 2.45) is 17.6 Å². The summed E-state index contributed by atoms with van der Waals surface area (Å²) in [6.07, 6.45) is 4.67. The molecule has 0 radical (unpaired) electrons. The number of anilines is 1. The first-order chi connectivity index (χ1) is 13.2. The molecule has 3 aromatic rings. The van der Waals surface area contributed by atoms with Crippen molar-refractivity contribution in [3.8, 4) is 0 Å². The summed E-state index contributed by atoms with van der Waals surface area (Å²) in [5.41, 5.74) is 7.85. The summed E-state index contributed by atoms with van der Waals surface area (Å²) in [7, 11) is 0. The van der Waals surface area contributed by atoms with Crippen molar-refractivity contribution in [3.05, 3.63) is 64.7 Å². The number of nitrogens with zero attached hydrogens (tertiary/aromatic N) is 3. The molecule has 1 saturated carbocycles. The number of fused-ring (bicyclic) bond motifs is 1. The van der Waals surface area contributed by atoms with Gasteiger partial charge in [-0.25, -0.2) is 9.48 Å². The average Bonchev–Trinajstić information content (AvgIpc) is 3.27. The van der Waals surface area contributed by atoms with E-state index in [-0.39, 0.29) is 23.4 Å². The third-order valence-electron chi connectivity index (χ3n) is 5.31. The SMILES string of the molecule is NC[C@H]1CCC[C@H]1C(=O)Nc1cccc(Cn2nc3ccccn3c2=O)c1. The van der Waals surface area contributed by atoms with Gasteiger partial charge >= 0.3 is 5.69 Å². The van der Waals surface area contributed by atoms with Gasteiger partial charge in [-0.15, -0.1) is 5.10 Å². The third kappa shape index (κ3) is 3.50. The third-order valence-corrected chi connectivity index (χ3v) is 5.31. The van der Waals surface area contributed by atoms with E-state index in [4.69, 9.17) is 5.73 Å². The second-order valence-electron chi connectivity index (χ2n) is 7.09. The lowest BCUT2D eigenvalue weighted by atomic mass is 9.95. The molecular weight excluding hydrogens is 342 g/mol. The summed E-state index contributed by atoms with van der Waals surface area (Å²) in [5.74, 6) is 0.287. The number of nitrogens with one attached hydrogen (secondary N) is 1. The van der Waals surface area contributed by atoms with E-state index in [2.05, 4.69) is 10.4 Å². The van der Waals surface area contributed by atoms with E-state index >= 15 is 0 Å². The molecular formula is C20H23N5O2. The Labute approximate surface area is 156 Å². The fourth-order valence-corrected chi connectivity index (χ4v) is 3.89. The molecule has 2 heterocycles. The van der Waals surface area contributed by atoms with Crippen molar-refractivity contribution in [2.75, 3.05) is 11.9 Å². The van der Waals surface area contributed by atoms with E-state index in [1.54, 1.807) is 18.3 Å². The fourth-order valence-electron chi connectivity index (χ4n) is 3.89. The zero-order valence-electron chi connectivity index (χ0n) is 15.0. The van der Waals surface area contributed by atoms with Crippen molar-refractivity contribution in [1.82, 2.24) is 14.2 Å². The first-order valence-electron chi connectivity index (χ1n) is 9.30. The molecule has 0 saturated heterocycles. The van der Waals surface area contributed by atoms with Crippen molar-refractivity contribution in [2.45, 2.75) is 25.8 Å². The summed E-state index contributed by atoms with van der Waals surface area (Å²) in [5, 5.41) is 7.36. The number of hydrogen-bond donors (Lipinski definition) is 2. The van der Waals surface area contributed by atoms with Crippen LogP contribution >= 0.6 is 0 Å². The van der Waals surface area contributed by atoms with Gasteiger partial charge in [0.1, 0.15) is 0 Å². The number of carbonyl (C=O) groups excluding carboxylic acids is 1. The monoisotopic (exact) mass is 365 g/mol. The second kappa shape index (κ2) is 7.36. The van der Waals surface area contributed by atoms with Gasteiger partial charge in [-0.05, 0) is 55.1 Å². The molecule has 27 heavy (non-hydrogen) atoms. The maximum absolute atomic E-state index is 12.6. The molecule has 7 nitrogen and oxygen atoms in total. The zero-order valence-corrected chi connectivity index (χ0v) is 15.0. The molecule has 1 fully saturated rings. The minimum absolute atomic E-state index is 0.0142. The highest BCUT2D eigenvalue weighted by Gasteiger charge is 2.31. The number of nitrogens with two attached hydrogens (primary N) is 1. The molecule has 2 atom stereocenters. The largest absolute Gasteiger partial charge is 0.350 e. The number of aromatic nitrogens is 3. The molecule has 1 aromatic carbocycles. The Morgan fingerprint density at radius 1 is 1.22 bits per heavy atom. The van der Waals surface area contributed by atoms with Crippen LogP contribution in [0.25, 0.3) is 5.65 Å². The lowest BCUT2D eigenvalue weighted by Gasteiger charge is -2.17. The predicted molar refractivity (Wildman–Crippen MR) is 104 cm³/mol. The van der Waals surface area contributed by atoms with Crippen LogP contribution in [0.1, 0.15) is 24.8 Å². The number of benzene rings is 1. The van der Waals surface area contributed by atoms with Crippen molar-refractivity contribution >= 4 is 17.2 Å². The molecule has 1 aliphatic carbocycles. The molecule has 3 N–H and O–H groups in total. The zero-order chi connectivity index (χ0) is 18.8. The van der Waals surface area contributed by atoms with Crippen LogP contribution in [0.5, 0.6) is 0 Å². The summed E-state index contributed by atoms with van der Waals surface area (Å²) in [6.45, 7) is 0.897. The summed E-state index contributed by atoms with van der Waals surface area (Å²) < 4.78 is 2.94. The van der Waals surface area contributed by atoms with E-state index < -0.39 is 0 Å². The molecule has 0 spiro atoms.